The van der Waals surface area contributed by atoms with Crippen LogP contribution in [0.2, 0.25) is 0 Å². The molecule has 2 N–H and O–H groups in total. The molecule has 0 aliphatic heterocycles. The molecule has 1 fully saturated rings. The van der Waals surface area contributed by atoms with Gasteiger partial charge >= 0.3 is 0 Å². The maximum atomic E-state index is 12.0. The lowest BCUT2D eigenvalue weighted by molar-refractivity contribution is 0.0449. The third kappa shape index (κ3) is 2.85. The highest BCUT2D eigenvalue weighted by Gasteiger charge is 2.31. The van der Waals surface area contributed by atoms with E-state index in [-0.39, 0.29) is 5.91 Å². The first-order chi connectivity index (χ1) is 8.50. The van der Waals surface area contributed by atoms with E-state index in [0.717, 1.165) is 25.7 Å². The molecular weight excluding hydrogens is 230 g/mol. The minimum absolute atomic E-state index is 0.215. The van der Waals surface area contributed by atoms with E-state index >= 15 is 0 Å². The smallest absolute Gasteiger partial charge is 0.254 e. The zero-order chi connectivity index (χ0) is 13.2. The molecule has 18 heavy (non-hydrogen) atoms. The van der Waals surface area contributed by atoms with Crippen LogP contribution in [0.15, 0.2) is 6.20 Å². The van der Waals surface area contributed by atoms with Crippen LogP contribution in [0.1, 0.15) is 47.6 Å². The molecule has 98 valence electrons. The molecule has 0 spiro atoms. The van der Waals surface area contributed by atoms with Crippen molar-refractivity contribution >= 4 is 5.91 Å². The van der Waals surface area contributed by atoms with Gasteiger partial charge < -0.3 is 10.4 Å². The largest absolute Gasteiger partial charge is 0.388 e. The van der Waals surface area contributed by atoms with E-state index in [1.165, 1.54) is 6.20 Å². The molecule has 1 heterocycles. The number of carbonyl (C=O) groups is 1. The number of carbonyl (C=O) groups excluding carboxylic acids is 1. The number of aliphatic hydroxyl groups is 1. The van der Waals surface area contributed by atoms with E-state index in [1.807, 2.05) is 0 Å². The first-order valence-corrected chi connectivity index (χ1v) is 6.31. The van der Waals surface area contributed by atoms with Crippen LogP contribution in [-0.4, -0.2) is 33.1 Å². The van der Waals surface area contributed by atoms with Crippen LogP contribution in [0.25, 0.3) is 0 Å². The second kappa shape index (κ2) is 5.02. The Labute approximate surface area is 107 Å². The standard InChI is InChI=1S/C13H19N3O2/c1-9-11(7-14-10(2)16-9)12(17)15-8-13(18)5-3-4-6-13/h7,18H,3-6,8H2,1-2H3,(H,15,17). The summed E-state index contributed by atoms with van der Waals surface area (Å²) in [6, 6.07) is 0. The molecule has 1 aromatic heterocycles. The molecule has 1 amide bonds. The Kier molecular flexibility index (Phi) is 3.61. The second-order valence-corrected chi connectivity index (χ2v) is 5.03. The predicted octanol–water partition coefficient (Wildman–Crippen LogP) is 1.13. The Morgan fingerprint density at radius 3 is 2.72 bits per heavy atom. The van der Waals surface area contributed by atoms with Crippen LogP contribution in [0.4, 0.5) is 0 Å². The fourth-order valence-corrected chi connectivity index (χ4v) is 2.36. The van der Waals surface area contributed by atoms with Crippen LogP contribution in [0, 0.1) is 13.8 Å². The summed E-state index contributed by atoms with van der Waals surface area (Å²) in [5.74, 6) is 0.436. The molecule has 1 saturated carbocycles. The van der Waals surface area contributed by atoms with Crippen molar-refractivity contribution in [3.05, 3.63) is 23.3 Å². The first-order valence-electron chi connectivity index (χ1n) is 6.31. The normalized spacial score (nSPS) is 17.7. The molecule has 0 unspecified atom stereocenters. The second-order valence-electron chi connectivity index (χ2n) is 5.03. The van der Waals surface area contributed by atoms with E-state index in [2.05, 4.69) is 15.3 Å². The Bertz CT molecular complexity index is 454. The zero-order valence-corrected chi connectivity index (χ0v) is 10.9. The van der Waals surface area contributed by atoms with E-state index in [9.17, 15) is 9.90 Å². The van der Waals surface area contributed by atoms with Gasteiger partial charge in [0.2, 0.25) is 0 Å². The van der Waals surface area contributed by atoms with Crippen LogP contribution < -0.4 is 5.32 Å². The summed E-state index contributed by atoms with van der Waals surface area (Å²) in [4.78, 5) is 20.2. The van der Waals surface area contributed by atoms with Gasteiger partial charge in [-0.05, 0) is 26.7 Å². The van der Waals surface area contributed by atoms with E-state index in [1.54, 1.807) is 13.8 Å². The molecule has 1 aromatic rings. The van der Waals surface area contributed by atoms with Crippen molar-refractivity contribution in [3.8, 4) is 0 Å². The third-order valence-electron chi connectivity index (χ3n) is 3.46. The number of hydrogen-bond donors (Lipinski definition) is 2. The van der Waals surface area contributed by atoms with Gasteiger partial charge in [0, 0.05) is 12.7 Å². The summed E-state index contributed by atoms with van der Waals surface area (Å²) in [5, 5.41) is 12.9. The van der Waals surface area contributed by atoms with E-state index in [4.69, 9.17) is 0 Å². The molecule has 0 saturated heterocycles. The Morgan fingerprint density at radius 1 is 1.44 bits per heavy atom. The summed E-state index contributed by atoms with van der Waals surface area (Å²) < 4.78 is 0. The number of rotatable bonds is 3. The van der Waals surface area contributed by atoms with Gasteiger partial charge in [0.15, 0.2) is 0 Å². The molecule has 1 aliphatic carbocycles. The summed E-state index contributed by atoms with van der Waals surface area (Å²) >= 11 is 0. The quantitative estimate of drug-likeness (QED) is 0.842. The fraction of sp³-hybridized carbons (Fsp3) is 0.615. The van der Waals surface area contributed by atoms with Gasteiger partial charge in [0.1, 0.15) is 5.82 Å². The van der Waals surface area contributed by atoms with Crippen molar-refractivity contribution in [2.24, 2.45) is 0 Å². The SMILES string of the molecule is Cc1ncc(C(=O)NCC2(O)CCCC2)c(C)n1. The third-order valence-corrected chi connectivity index (χ3v) is 3.46. The maximum Gasteiger partial charge on any atom is 0.254 e. The summed E-state index contributed by atoms with van der Waals surface area (Å²) in [5.41, 5.74) is 0.412. The van der Waals surface area contributed by atoms with E-state index < -0.39 is 5.60 Å². The van der Waals surface area contributed by atoms with Gasteiger partial charge in [0.25, 0.3) is 5.91 Å². The Morgan fingerprint density at radius 2 is 2.11 bits per heavy atom. The Hall–Kier alpha value is -1.49. The topological polar surface area (TPSA) is 75.1 Å². The molecule has 0 atom stereocenters. The molecule has 0 radical (unpaired) electrons. The highest BCUT2D eigenvalue weighted by atomic mass is 16.3. The first kappa shape index (κ1) is 13.0. The molecule has 2 rings (SSSR count). The summed E-state index contributed by atoms with van der Waals surface area (Å²) in [6.45, 7) is 3.88. The lowest BCUT2D eigenvalue weighted by Gasteiger charge is -2.22. The lowest BCUT2D eigenvalue weighted by atomic mass is 10.0. The van der Waals surface area contributed by atoms with Crippen molar-refractivity contribution in [2.75, 3.05) is 6.54 Å². The average molecular weight is 249 g/mol. The van der Waals surface area contributed by atoms with Gasteiger partial charge in [-0.2, -0.15) is 0 Å². The van der Waals surface area contributed by atoms with Crippen molar-refractivity contribution in [1.29, 1.82) is 0 Å². The number of amides is 1. The number of aryl methyl sites for hydroxylation is 2. The van der Waals surface area contributed by atoms with E-state index in [0.29, 0.717) is 23.6 Å². The van der Waals surface area contributed by atoms with Crippen LogP contribution in [0.3, 0.4) is 0 Å². The highest BCUT2D eigenvalue weighted by molar-refractivity contribution is 5.94. The number of aromatic nitrogens is 2. The summed E-state index contributed by atoms with van der Waals surface area (Å²) in [6.07, 6.45) is 5.11. The number of nitrogens with one attached hydrogen (secondary N) is 1. The molecular formula is C13H19N3O2. The monoisotopic (exact) mass is 249 g/mol. The fourth-order valence-electron chi connectivity index (χ4n) is 2.36. The lowest BCUT2D eigenvalue weighted by Crippen LogP contribution is -2.41. The van der Waals surface area contributed by atoms with Gasteiger partial charge in [0.05, 0.1) is 16.9 Å². The molecule has 0 aromatic carbocycles. The molecule has 1 aliphatic rings. The van der Waals surface area contributed by atoms with Crippen molar-refractivity contribution in [2.45, 2.75) is 45.1 Å². The van der Waals surface area contributed by atoms with Crippen molar-refractivity contribution < 1.29 is 9.90 Å². The maximum absolute atomic E-state index is 12.0. The van der Waals surface area contributed by atoms with Crippen molar-refractivity contribution in [3.63, 3.8) is 0 Å². The average Bonchev–Trinajstić information content (AvgIpc) is 2.74. The number of nitrogens with zero attached hydrogens (tertiary/aromatic N) is 2. The minimum atomic E-state index is -0.727. The Balaban J connectivity index is 1.99. The minimum Gasteiger partial charge on any atom is -0.388 e. The highest BCUT2D eigenvalue weighted by Crippen LogP contribution is 2.28. The van der Waals surface area contributed by atoms with Gasteiger partial charge in [-0.15, -0.1) is 0 Å². The van der Waals surface area contributed by atoms with Crippen LogP contribution in [-0.2, 0) is 0 Å². The number of hydrogen-bond acceptors (Lipinski definition) is 4. The van der Waals surface area contributed by atoms with Crippen LogP contribution >= 0.6 is 0 Å². The molecule has 5 nitrogen and oxygen atoms in total. The molecule has 5 heteroatoms. The predicted molar refractivity (Wildman–Crippen MR) is 67.3 cm³/mol. The van der Waals surface area contributed by atoms with Gasteiger partial charge in [-0.1, -0.05) is 12.8 Å². The van der Waals surface area contributed by atoms with Gasteiger partial charge in [-0.25, -0.2) is 9.97 Å². The molecule has 0 bridgehead atoms. The zero-order valence-electron chi connectivity index (χ0n) is 10.9. The van der Waals surface area contributed by atoms with Crippen molar-refractivity contribution in [1.82, 2.24) is 15.3 Å². The van der Waals surface area contributed by atoms with Crippen LogP contribution in [0.5, 0.6) is 0 Å². The van der Waals surface area contributed by atoms with Gasteiger partial charge in [-0.3, -0.25) is 4.79 Å². The summed E-state index contributed by atoms with van der Waals surface area (Å²) in [7, 11) is 0.